The number of hydrogen-bond acceptors (Lipinski definition) is 3. The van der Waals surface area contributed by atoms with Gasteiger partial charge in [-0.15, -0.1) is 0 Å². The van der Waals surface area contributed by atoms with E-state index in [1.807, 2.05) is 51.1 Å². The molecule has 0 aliphatic carbocycles. The van der Waals surface area contributed by atoms with E-state index in [0.717, 1.165) is 28.2 Å². The van der Waals surface area contributed by atoms with Crippen LogP contribution in [0.2, 0.25) is 0 Å². The van der Waals surface area contributed by atoms with Crippen LogP contribution in [-0.2, 0) is 9.59 Å². The zero-order valence-electron chi connectivity index (χ0n) is 17.0. The molecule has 0 spiro atoms. The summed E-state index contributed by atoms with van der Waals surface area (Å²) in [5.41, 5.74) is 8.92. The molecule has 3 rings (SSSR count). The molecule has 1 aromatic heterocycles. The number of carbonyl (C=O) groups is 2. The SMILES string of the molecule is Cc1cccc(-n2c(C)cc(/C=N\NC(=O)C(=O)Nc3ccccc3C)c2C)c1. The lowest BCUT2D eigenvalue weighted by molar-refractivity contribution is -0.136. The molecule has 1 heterocycles. The fourth-order valence-corrected chi connectivity index (χ4v) is 3.19. The second-order valence-corrected chi connectivity index (χ2v) is 6.97. The summed E-state index contributed by atoms with van der Waals surface area (Å²) >= 11 is 0. The molecule has 3 aromatic rings. The average molecular weight is 388 g/mol. The van der Waals surface area contributed by atoms with Gasteiger partial charge in [-0.1, -0.05) is 30.3 Å². The molecule has 0 saturated carbocycles. The van der Waals surface area contributed by atoms with Crippen molar-refractivity contribution in [3.63, 3.8) is 0 Å². The minimum atomic E-state index is -0.822. The molecule has 0 unspecified atom stereocenters. The number of para-hydroxylation sites is 1. The summed E-state index contributed by atoms with van der Waals surface area (Å²) in [5, 5.41) is 6.54. The third-order valence-electron chi connectivity index (χ3n) is 4.70. The molecule has 0 fully saturated rings. The Balaban J connectivity index is 1.69. The van der Waals surface area contributed by atoms with E-state index >= 15 is 0 Å². The number of nitrogens with one attached hydrogen (secondary N) is 2. The van der Waals surface area contributed by atoms with Crippen LogP contribution in [0, 0.1) is 27.7 Å². The van der Waals surface area contributed by atoms with Gasteiger partial charge in [-0.05, 0) is 63.1 Å². The minimum Gasteiger partial charge on any atom is -0.318 e. The van der Waals surface area contributed by atoms with Crippen LogP contribution in [0.15, 0.2) is 59.7 Å². The van der Waals surface area contributed by atoms with Crippen molar-refractivity contribution in [1.29, 1.82) is 0 Å². The third kappa shape index (κ3) is 4.60. The Labute approximate surface area is 170 Å². The van der Waals surface area contributed by atoms with Crippen LogP contribution in [0.25, 0.3) is 5.69 Å². The number of hydrogen-bond donors (Lipinski definition) is 2. The van der Waals surface area contributed by atoms with Crippen molar-refractivity contribution in [2.45, 2.75) is 27.7 Å². The van der Waals surface area contributed by atoms with Crippen molar-refractivity contribution in [2.75, 3.05) is 5.32 Å². The molecule has 29 heavy (non-hydrogen) atoms. The lowest BCUT2D eigenvalue weighted by Crippen LogP contribution is -2.32. The van der Waals surface area contributed by atoms with E-state index < -0.39 is 11.8 Å². The largest absolute Gasteiger partial charge is 0.329 e. The predicted octanol–water partition coefficient (Wildman–Crippen LogP) is 3.80. The number of aromatic nitrogens is 1. The molecular formula is C23H24N4O2. The van der Waals surface area contributed by atoms with Crippen LogP contribution in [0.3, 0.4) is 0 Å². The summed E-state index contributed by atoms with van der Waals surface area (Å²) in [4.78, 5) is 24.1. The lowest BCUT2D eigenvalue weighted by atomic mass is 10.2. The molecule has 0 aliphatic heterocycles. The zero-order chi connectivity index (χ0) is 21.0. The first-order valence-electron chi connectivity index (χ1n) is 9.33. The second-order valence-electron chi connectivity index (χ2n) is 6.97. The molecule has 0 atom stereocenters. The highest BCUT2D eigenvalue weighted by molar-refractivity contribution is 6.39. The molecule has 6 nitrogen and oxygen atoms in total. The van der Waals surface area contributed by atoms with Gasteiger partial charge in [-0.2, -0.15) is 5.10 Å². The van der Waals surface area contributed by atoms with Gasteiger partial charge in [0.05, 0.1) is 6.21 Å². The summed E-state index contributed by atoms with van der Waals surface area (Å²) in [6.07, 6.45) is 1.55. The topological polar surface area (TPSA) is 75.5 Å². The molecule has 2 amide bonds. The van der Waals surface area contributed by atoms with E-state index in [4.69, 9.17) is 0 Å². The number of hydrazone groups is 1. The summed E-state index contributed by atoms with van der Waals surface area (Å²) in [6.45, 7) is 7.91. The monoisotopic (exact) mass is 388 g/mol. The third-order valence-corrected chi connectivity index (χ3v) is 4.70. The lowest BCUT2D eigenvalue weighted by Gasteiger charge is -2.10. The average Bonchev–Trinajstić information content (AvgIpc) is 2.97. The predicted molar refractivity (Wildman–Crippen MR) is 116 cm³/mol. The van der Waals surface area contributed by atoms with E-state index in [2.05, 4.69) is 39.5 Å². The number of anilines is 1. The van der Waals surface area contributed by atoms with Gasteiger partial charge in [-0.3, -0.25) is 9.59 Å². The van der Waals surface area contributed by atoms with Gasteiger partial charge in [0, 0.05) is 28.3 Å². The first-order chi connectivity index (χ1) is 13.9. The van der Waals surface area contributed by atoms with Gasteiger partial charge < -0.3 is 9.88 Å². The molecular weight excluding hydrogens is 364 g/mol. The Hall–Kier alpha value is -3.67. The van der Waals surface area contributed by atoms with Gasteiger partial charge in [0.2, 0.25) is 0 Å². The van der Waals surface area contributed by atoms with Crippen molar-refractivity contribution >= 4 is 23.7 Å². The fraction of sp³-hybridized carbons (Fsp3) is 0.174. The number of aryl methyl sites for hydroxylation is 3. The number of rotatable bonds is 4. The normalized spacial score (nSPS) is 10.9. The van der Waals surface area contributed by atoms with Crippen LogP contribution >= 0.6 is 0 Å². The van der Waals surface area contributed by atoms with Crippen molar-refractivity contribution in [3.8, 4) is 5.69 Å². The fourth-order valence-electron chi connectivity index (χ4n) is 3.19. The molecule has 2 aromatic carbocycles. The van der Waals surface area contributed by atoms with Crippen LogP contribution in [0.4, 0.5) is 5.69 Å². The molecule has 6 heteroatoms. The molecule has 0 bridgehead atoms. The second kappa shape index (κ2) is 8.56. The Morgan fingerprint density at radius 1 is 0.931 bits per heavy atom. The number of benzene rings is 2. The Morgan fingerprint density at radius 3 is 2.41 bits per heavy atom. The highest BCUT2D eigenvalue weighted by Crippen LogP contribution is 2.20. The minimum absolute atomic E-state index is 0.596. The molecule has 148 valence electrons. The standard InChI is InChI=1S/C23H24N4O2/c1-15-8-7-10-20(12-15)27-17(3)13-19(18(27)4)14-24-26-23(29)22(28)25-21-11-6-5-9-16(21)2/h5-14H,1-4H3,(H,25,28)(H,26,29)/b24-14-. The summed E-state index contributed by atoms with van der Waals surface area (Å²) < 4.78 is 2.13. The number of carbonyl (C=O) groups excluding carboxylic acids is 2. The first kappa shape index (κ1) is 20.1. The van der Waals surface area contributed by atoms with Crippen LogP contribution in [0.5, 0.6) is 0 Å². The van der Waals surface area contributed by atoms with Crippen LogP contribution in [-0.4, -0.2) is 22.6 Å². The Morgan fingerprint density at radius 2 is 1.69 bits per heavy atom. The van der Waals surface area contributed by atoms with Gasteiger partial charge in [-0.25, -0.2) is 5.43 Å². The zero-order valence-corrected chi connectivity index (χ0v) is 17.0. The number of nitrogens with zero attached hydrogens (tertiary/aromatic N) is 2. The number of amides is 2. The van der Waals surface area contributed by atoms with Gasteiger partial charge >= 0.3 is 11.8 Å². The first-order valence-corrected chi connectivity index (χ1v) is 9.33. The molecule has 2 N–H and O–H groups in total. The van der Waals surface area contributed by atoms with Gasteiger partial charge in [0.25, 0.3) is 0 Å². The maximum atomic E-state index is 12.0. The van der Waals surface area contributed by atoms with E-state index in [1.54, 1.807) is 18.3 Å². The van der Waals surface area contributed by atoms with Crippen LogP contribution in [0.1, 0.15) is 28.1 Å². The van der Waals surface area contributed by atoms with Crippen molar-refractivity contribution in [1.82, 2.24) is 9.99 Å². The van der Waals surface area contributed by atoms with Gasteiger partial charge in [0.1, 0.15) is 0 Å². The summed E-state index contributed by atoms with van der Waals surface area (Å²) in [6, 6.07) is 17.5. The van der Waals surface area contributed by atoms with E-state index in [0.29, 0.717) is 5.69 Å². The van der Waals surface area contributed by atoms with Crippen molar-refractivity contribution < 1.29 is 9.59 Å². The van der Waals surface area contributed by atoms with Crippen LogP contribution < -0.4 is 10.7 Å². The quantitative estimate of drug-likeness (QED) is 0.405. The Bertz CT molecular complexity index is 1100. The highest BCUT2D eigenvalue weighted by Gasteiger charge is 2.14. The van der Waals surface area contributed by atoms with E-state index in [9.17, 15) is 9.59 Å². The highest BCUT2D eigenvalue weighted by atomic mass is 16.2. The van der Waals surface area contributed by atoms with E-state index in [-0.39, 0.29) is 0 Å². The van der Waals surface area contributed by atoms with Crippen molar-refractivity contribution in [2.24, 2.45) is 5.10 Å². The molecule has 0 saturated heterocycles. The van der Waals surface area contributed by atoms with Crippen molar-refractivity contribution in [3.05, 3.63) is 82.7 Å². The van der Waals surface area contributed by atoms with Gasteiger partial charge in [0.15, 0.2) is 0 Å². The summed E-state index contributed by atoms with van der Waals surface area (Å²) in [7, 11) is 0. The Kier molecular flexibility index (Phi) is 5.93. The smallest absolute Gasteiger partial charge is 0.318 e. The summed E-state index contributed by atoms with van der Waals surface area (Å²) in [5.74, 6) is -1.58. The van der Waals surface area contributed by atoms with E-state index in [1.165, 1.54) is 5.56 Å². The maximum Gasteiger partial charge on any atom is 0.329 e. The molecule has 0 radical (unpaired) electrons. The molecule has 0 aliphatic rings. The maximum absolute atomic E-state index is 12.0.